The van der Waals surface area contributed by atoms with Crippen molar-refractivity contribution in [2.24, 2.45) is 11.8 Å². The minimum atomic E-state index is 0.548. The highest BCUT2D eigenvalue weighted by Crippen LogP contribution is 2.46. The molecule has 2 atom stereocenters. The van der Waals surface area contributed by atoms with Gasteiger partial charge in [0.05, 0.1) is 0 Å². The van der Waals surface area contributed by atoms with Crippen LogP contribution in [0, 0.1) is 11.8 Å². The largest absolute Gasteiger partial charge is 0.314 e. The van der Waals surface area contributed by atoms with Gasteiger partial charge in [-0.05, 0) is 50.4 Å². The summed E-state index contributed by atoms with van der Waals surface area (Å²) >= 11 is 0. The molecule has 0 amide bonds. The maximum atomic E-state index is 3.72. The molecular weight excluding hydrogens is 244 g/mol. The SMILES string of the molecule is C1CCC2(CC1)CNCCN2C1CCCC(C2CC2)C1. The van der Waals surface area contributed by atoms with Gasteiger partial charge in [-0.2, -0.15) is 0 Å². The first-order valence-corrected chi connectivity index (χ1v) is 9.35. The van der Waals surface area contributed by atoms with E-state index in [0.717, 1.165) is 17.9 Å². The average Bonchev–Trinajstić information content (AvgIpc) is 3.33. The van der Waals surface area contributed by atoms with E-state index in [1.807, 2.05) is 0 Å². The standard InChI is InChI=1S/C18H32N2/c1-2-9-18(10-3-1)14-19-11-12-20(18)17-6-4-5-16(13-17)15-7-8-15/h15-17,19H,1-14H2. The first-order chi connectivity index (χ1) is 9.87. The van der Waals surface area contributed by atoms with Crippen LogP contribution in [-0.2, 0) is 0 Å². The zero-order valence-electron chi connectivity index (χ0n) is 13.1. The molecule has 1 heterocycles. The van der Waals surface area contributed by atoms with Gasteiger partial charge in [0.2, 0.25) is 0 Å². The van der Waals surface area contributed by atoms with Gasteiger partial charge in [0.25, 0.3) is 0 Å². The Labute approximate surface area is 124 Å². The summed E-state index contributed by atoms with van der Waals surface area (Å²) in [4.78, 5) is 3.01. The lowest BCUT2D eigenvalue weighted by Gasteiger charge is -2.54. The van der Waals surface area contributed by atoms with Crippen LogP contribution in [0.1, 0.15) is 70.6 Å². The van der Waals surface area contributed by atoms with Crippen LogP contribution in [0.25, 0.3) is 0 Å². The lowest BCUT2D eigenvalue weighted by atomic mass is 9.75. The van der Waals surface area contributed by atoms with E-state index in [0.29, 0.717) is 5.54 Å². The molecule has 114 valence electrons. The minimum Gasteiger partial charge on any atom is -0.314 e. The van der Waals surface area contributed by atoms with Gasteiger partial charge in [0, 0.05) is 31.2 Å². The van der Waals surface area contributed by atoms with Crippen molar-refractivity contribution in [2.75, 3.05) is 19.6 Å². The number of nitrogens with one attached hydrogen (secondary N) is 1. The quantitative estimate of drug-likeness (QED) is 0.829. The Kier molecular flexibility index (Phi) is 3.80. The van der Waals surface area contributed by atoms with Gasteiger partial charge in [-0.15, -0.1) is 0 Å². The molecule has 1 N–H and O–H groups in total. The van der Waals surface area contributed by atoms with Gasteiger partial charge in [0.1, 0.15) is 0 Å². The third kappa shape index (κ3) is 2.54. The molecule has 1 aliphatic heterocycles. The van der Waals surface area contributed by atoms with Crippen molar-refractivity contribution >= 4 is 0 Å². The van der Waals surface area contributed by atoms with Crippen LogP contribution < -0.4 is 5.32 Å². The Morgan fingerprint density at radius 3 is 2.50 bits per heavy atom. The highest BCUT2D eigenvalue weighted by atomic mass is 15.3. The number of nitrogens with zero attached hydrogens (tertiary/aromatic N) is 1. The Balaban J connectivity index is 1.48. The monoisotopic (exact) mass is 276 g/mol. The van der Waals surface area contributed by atoms with Crippen LogP contribution >= 0.6 is 0 Å². The molecule has 0 aromatic rings. The fourth-order valence-electron chi connectivity index (χ4n) is 5.58. The third-order valence-corrected chi connectivity index (χ3v) is 6.79. The van der Waals surface area contributed by atoms with E-state index in [2.05, 4.69) is 10.2 Å². The van der Waals surface area contributed by atoms with Crippen molar-refractivity contribution in [2.45, 2.75) is 82.2 Å². The summed E-state index contributed by atoms with van der Waals surface area (Å²) in [5.41, 5.74) is 0.548. The highest BCUT2D eigenvalue weighted by Gasteiger charge is 2.45. The molecule has 20 heavy (non-hydrogen) atoms. The molecule has 3 aliphatic carbocycles. The van der Waals surface area contributed by atoms with Crippen molar-refractivity contribution in [3.05, 3.63) is 0 Å². The first-order valence-electron chi connectivity index (χ1n) is 9.35. The molecule has 2 heteroatoms. The topological polar surface area (TPSA) is 15.3 Å². The molecule has 4 aliphatic rings. The van der Waals surface area contributed by atoms with Crippen LogP contribution in [0.15, 0.2) is 0 Å². The molecule has 1 saturated heterocycles. The number of hydrogen-bond acceptors (Lipinski definition) is 2. The summed E-state index contributed by atoms with van der Waals surface area (Å²) in [6.07, 6.45) is 16.5. The second-order valence-electron chi connectivity index (χ2n) is 8.07. The maximum absolute atomic E-state index is 3.72. The van der Waals surface area contributed by atoms with Crippen molar-refractivity contribution < 1.29 is 0 Å². The Bertz CT molecular complexity index is 322. The molecule has 0 radical (unpaired) electrons. The lowest BCUT2D eigenvalue weighted by Crippen LogP contribution is -2.65. The van der Waals surface area contributed by atoms with Crippen molar-refractivity contribution in [3.8, 4) is 0 Å². The van der Waals surface area contributed by atoms with Gasteiger partial charge in [0.15, 0.2) is 0 Å². The van der Waals surface area contributed by atoms with Gasteiger partial charge in [-0.3, -0.25) is 4.90 Å². The lowest BCUT2D eigenvalue weighted by molar-refractivity contribution is -0.0270. The fourth-order valence-corrected chi connectivity index (χ4v) is 5.58. The van der Waals surface area contributed by atoms with E-state index in [9.17, 15) is 0 Å². The van der Waals surface area contributed by atoms with E-state index in [1.165, 1.54) is 71.0 Å². The van der Waals surface area contributed by atoms with Crippen molar-refractivity contribution in [3.63, 3.8) is 0 Å². The number of rotatable bonds is 2. The Morgan fingerprint density at radius 2 is 1.70 bits per heavy atom. The molecule has 2 nitrogen and oxygen atoms in total. The van der Waals surface area contributed by atoms with Crippen LogP contribution in [-0.4, -0.2) is 36.1 Å². The van der Waals surface area contributed by atoms with Crippen LogP contribution in [0.5, 0.6) is 0 Å². The minimum absolute atomic E-state index is 0.548. The predicted molar refractivity (Wildman–Crippen MR) is 83.9 cm³/mol. The van der Waals surface area contributed by atoms with Crippen LogP contribution in [0.2, 0.25) is 0 Å². The molecule has 0 aromatic carbocycles. The first kappa shape index (κ1) is 13.6. The third-order valence-electron chi connectivity index (χ3n) is 6.79. The maximum Gasteiger partial charge on any atom is 0.0337 e. The van der Waals surface area contributed by atoms with Crippen molar-refractivity contribution in [1.29, 1.82) is 0 Å². The van der Waals surface area contributed by atoms with E-state index >= 15 is 0 Å². The molecule has 4 fully saturated rings. The van der Waals surface area contributed by atoms with E-state index < -0.39 is 0 Å². The summed E-state index contributed by atoms with van der Waals surface area (Å²) < 4.78 is 0. The van der Waals surface area contributed by atoms with E-state index in [-0.39, 0.29) is 0 Å². The Morgan fingerprint density at radius 1 is 0.850 bits per heavy atom. The Hall–Kier alpha value is -0.0800. The molecule has 1 spiro atoms. The van der Waals surface area contributed by atoms with Gasteiger partial charge in [-0.1, -0.05) is 32.1 Å². The fraction of sp³-hybridized carbons (Fsp3) is 1.00. The molecule has 0 aromatic heterocycles. The zero-order valence-corrected chi connectivity index (χ0v) is 13.1. The smallest absolute Gasteiger partial charge is 0.0337 e. The normalized spacial score (nSPS) is 39.0. The van der Waals surface area contributed by atoms with Crippen LogP contribution in [0.3, 0.4) is 0 Å². The summed E-state index contributed by atoms with van der Waals surface area (Å²) in [7, 11) is 0. The second kappa shape index (κ2) is 5.61. The number of hydrogen-bond donors (Lipinski definition) is 1. The highest BCUT2D eigenvalue weighted by molar-refractivity contribution is 5.02. The summed E-state index contributed by atoms with van der Waals surface area (Å²) in [6, 6.07) is 0.926. The molecule has 3 saturated carbocycles. The summed E-state index contributed by atoms with van der Waals surface area (Å²) in [5, 5.41) is 3.72. The predicted octanol–water partition coefficient (Wildman–Crippen LogP) is 3.56. The molecule has 0 bridgehead atoms. The molecule has 2 unspecified atom stereocenters. The average molecular weight is 276 g/mol. The molecular formula is C18H32N2. The molecule has 4 rings (SSSR count). The number of piperazine rings is 1. The van der Waals surface area contributed by atoms with E-state index in [1.54, 1.807) is 19.3 Å². The zero-order chi connectivity index (χ0) is 13.4. The van der Waals surface area contributed by atoms with Crippen LogP contribution in [0.4, 0.5) is 0 Å². The summed E-state index contributed by atoms with van der Waals surface area (Å²) in [5.74, 6) is 2.22. The van der Waals surface area contributed by atoms with Gasteiger partial charge in [-0.25, -0.2) is 0 Å². The van der Waals surface area contributed by atoms with Gasteiger partial charge >= 0.3 is 0 Å². The summed E-state index contributed by atoms with van der Waals surface area (Å²) in [6.45, 7) is 3.83. The second-order valence-corrected chi connectivity index (χ2v) is 8.07. The van der Waals surface area contributed by atoms with E-state index in [4.69, 9.17) is 0 Å². The van der Waals surface area contributed by atoms with Crippen molar-refractivity contribution in [1.82, 2.24) is 10.2 Å². The van der Waals surface area contributed by atoms with Gasteiger partial charge < -0.3 is 5.32 Å².